The Balaban J connectivity index is 1.78. The van der Waals surface area contributed by atoms with Crippen LogP contribution in [0.25, 0.3) is 0 Å². The number of hydrogen-bond donors (Lipinski definition) is 2. The number of halogens is 2. The molecule has 0 aliphatic rings. The monoisotopic (exact) mass is 355 g/mol. The molecule has 0 saturated carbocycles. The summed E-state index contributed by atoms with van der Waals surface area (Å²) in [7, 11) is 0. The summed E-state index contributed by atoms with van der Waals surface area (Å²) in [6, 6.07) is 16.0. The molecule has 1 aromatic heterocycles. The molecule has 0 spiro atoms. The van der Waals surface area contributed by atoms with Crippen molar-refractivity contribution in [2.75, 3.05) is 10.6 Å². The third kappa shape index (κ3) is 3.93. The van der Waals surface area contributed by atoms with Crippen LogP contribution in [0.2, 0.25) is 10.0 Å². The number of nitrogens with zero attached hydrogens (tertiary/aromatic N) is 3. The zero-order valence-corrected chi connectivity index (χ0v) is 13.8. The van der Waals surface area contributed by atoms with Crippen molar-refractivity contribution < 1.29 is 0 Å². The minimum absolute atomic E-state index is 0.387. The first-order chi connectivity index (χ1) is 11.6. The highest BCUT2D eigenvalue weighted by molar-refractivity contribution is 6.35. The molecule has 2 N–H and O–H groups in total. The molecule has 2 aromatic carbocycles. The van der Waals surface area contributed by atoms with E-state index in [0.29, 0.717) is 33.1 Å². The summed E-state index contributed by atoms with van der Waals surface area (Å²) in [5.74, 6) is 0.994. The first kappa shape index (κ1) is 16.1. The second-order valence-corrected chi connectivity index (χ2v) is 5.67. The van der Waals surface area contributed by atoms with Crippen molar-refractivity contribution in [2.24, 2.45) is 0 Å². The summed E-state index contributed by atoms with van der Waals surface area (Å²) in [5.41, 5.74) is 2.04. The van der Waals surface area contributed by atoms with Gasteiger partial charge in [0.15, 0.2) is 0 Å². The first-order valence-electron chi connectivity index (χ1n) is 6.96. The quantitative estimate of drug-likeness (QED) is 0.677. The molecule has 5 nitrogen and oxygen atoms in total. The number of rotatable bonds is 4. The Bertz CT molecular complexity index is 904. The molecule has 3 rings (SSSR count). The van der Waals surface area contributed by atoms with E-state index < -0.39 is 0 Å². The second kappa shape index (κ2) is 7.18. The fraction of sp³-hybridized carbons (Fsp3) is 0. The van der Waals surface area contributed by atoms with E-state index in [1.165, 1.54) is 0 Å². The van der Waals surface area contributed by atoms with Gasteiger partial charge in [-0.15, -0.1) is 0 Å². The minimum atomic E-state index is 0.387. The summed E-state index contributed by atoms with van der Waals surface area (Å²) in [4.78, 5) is 8.54. The number of anilines is 4. The Morgan fingerprint density at radius 1 is 0.958 bits per heavy atom. The SMILES string of the molecule is N#Cc1ccc(Nc2ccnc(Nc3cc(Cl)ccc3Cl)n2)cc1. The van der Waals surface area contributed by atoms with E-state index in [-0.39, 0.29) is 0 Å². The molecule has 7 heteroatoms. The van der Waals surface area contributed by atoms with Crippen molar-refractivity contribution >= 4 is 46.3 Å². The minimum Gasteiger partial charge on any atom is -0.340 e. The third-order valence-corrected chi connectivity index (χ3v) is 3.68. The lowest BCUT2D eigenvalue weighted by molar-refractivity contribution is 1.17. The van der Waals surface area contributed by atoms with E-state index in [0.717, 1.165) is 5.69 Å². The molecular weight excluding hydrogens is 345 g/mol. The molecule has 118 valence electrons. The van der Waals surface area contributed by atoms with Gasteiger partial charge in [0.2, 0.25) is 5.95 Å². The van der Waals surface area contributed by atoms with Gasteiger partial charge in [0, 0.05) is 16.9 Å². The standard InChI is InChI=1S/C17H11Cl2N5/c18-12-3-6-14(19)15(9-12)23-17-21-8-7-16(24-17)22-13-4-1-11(10-20)2-5-13/h1-9H,(H2,21,22,23,24). The molecule has 0 fully saturated rings. The molecular formula is C17H11Cl2N5. The molecule has 0 atom stereocenters. The largest absolute Gasteiger partial charge is 0.340 e. The number of aromatic nitrogens is 2. The summed E-state index contributed by atoms with van der Waals surface area (Å²) in [5, 5.41) is 16.1. The van der Waals surface area contributed by atoms with Gasteiger partial charge in [-0.2, -0.15) is 10.2 Å². The van der Waals surface area contributed by atoms with Crippen molar-refractivity contribution in [3.63, 3.8) is 0 Å². The fourth-order valence-corrected chi connectivity index (χ4v) is 2.32. The summed E-state index contributed by atoms with van der Waals surface area (Å²) < 4.78 is 0. The Morgan fingerprint density at radius 2 is 1.75 bits per heavy atom. The average Bonchev–Trinajstić information content (AvgIpc) is 2.59. The number of nitriles is 1. The predicted molar refractivity (Wildman–Crippen MR) is 96.2 cm³/mol. The van der Waals surface area contributed by atoms with Crippen molar-refractivity contribution in [3.05, 3.63) is 70.3 Å². The van der Waals surface area contributed by atoms with Crippen LogP contribution in [0.15, 0.2) is 54.7 Å². The Morgan fingerprint density at radius 3 is 2.50 bits per heavy atom. The van der Waals surface area contributed by atoms with Gasteiger partial charge in [0.1, 0.15) is 5.82 Å². The highest BCUT2D eigenvalue weighted by Crippen LogP contribution is 2.27. The van der Waals surface area contributed by atoms with Gasteiger partial charge in [-0.25, -0.2) is 4.98 Å². The zero-order chi connectivity index (χ0) is 16.9. The van der Waals surface area contributed by atoms with Gasteiger partial charge in [-0.05, 0) is 48.5 Å². The highest BCUT2D eigenvalue weighted by atomic mass is 35.5. The van der Waals surface area contributed by atoms with Crippen LogP contribution in [0.1, 0.15) is 5.56 Å². The van der Waals surface area contributed by atoms with Crippen LogP contribution in [-0.2, 0) is 0 Å². The topological polar surface area (TPSA) is 73.6 Å². The van der Waals surface area contributed by atoms with E-state index in [4.69, 9.17) is 28.5 Å². The molecule has 1 heterocycles. The summed E-state index contributed by atoms with van der Waals surface area (Å²) in [6.45, 7) is 0. The van der Waals surface area contributed by atoms with Crippen LogP contribution >= 0.6 is 23.2 Å². The maximum Gasteiger partial charge on any atom is 0.229 e. The molecule has 0 amide bonds. The second-order valence-electron chi connectivity index (χ2n) is 4.83. The molecule has 0 bridgehead atoms. The molecule has 0 radical (unpaired) electrons. The molecule has 0 aliphatic heterocycles. The van der Waals surface area contributed by atoms with Gasteiger partial charge in [-0.1, -0.05) is 23.2 Å². The summed E-state index contributed by atoms with van der Waals surface area (Å²) in [6.07, 6.45) is 1.62. The molecule has 0 unspecified atom stereocenters. The van der Waals surface area contributed by atoms with E-state index in [1.54, 1.807) is 42.6 Å². The van der Waals surface area contributed by atoms with Crippen LogP contribution in [-0.4, -0.2) is 9.97 Å². The van der Waals surface area contributed by atoms with Crippen molar-refractivity contribution in [1.82, 2.24) is 9.97 Å². The smallest absolute Gasteiger partial charge is 0.229 e. The van der Waals surface area contributed by atoms with Crippen molar-refractivity contribution in [3.8, 4) is 6.07 Å². The Labute approximate surface area is 148 Å². The average molecular weight is 356 g/mol. The van der Waals surface area contributed by atoms with Gasteiger partial charge in [-0.3, -0.25) is 0 Å². The highest BCUT2D eigenvalue weighted by Gasteiger charge is 2.05. The number of nitrogens with one attached hydrogen (secondary N) is 2. The lowest BCUT2D eigenvalue weighted by Gasteiger charge is -2.10. The molecule has 0 saturated heterocycles. The van der Waals surface area contributed by atoms with Crippen LogP contribution in [0, 0.1) is 11.3 Å². The van der Waals surface area contributed by atoms with Gasteiger partial charge < -0.3 is 10.6 Å². The lowest BCUT2D eigenvalue weighted by atomic mass is 10.2. The van der Waals surface area contributed by atoms with Crippen LogP contribution in [0.3, 0.4) is 0 Å². The van der Waals surface area contributed by atoms with Gasteiger partial charge >= 0.3 is 0 Å². The molecule has 24 heavy (non-hydrogen) atoms. The van der Waals surface area contributed by atoms with Gasteiger partial charge in [0.25, 0.3) is 0 Å². The van der Waals surface area contributed by atoms with Crippen LogP contribution in [0.5, 0.6) is 0 Å². The normalized spacial score (nSPS) is 10.0. The molecule has 3 aromatic rings. The van der Waals surface area contributed by atoms with Gasteiger partial charge in [0.05, 0.1) is 22.3 Å². The maximum absolute atomic E-state index is 8.82. The molecule has 0 aliphatic carbocycles. The number of hydrogen-bond acceptors (Lipinski definition) is 5. The Kier molecular flexibility index (Phi) is 4.80. The first-order valence-corrected chi connectivity index (χ1v) is 7.72. The van der Waals surface area contributed by atoms with E-state index in [1.807, 2.05) is 12.1 Å². The van der Waals surface area contributed by atoms with E-state index in [2.05, 4.69) is 26.7 Å². The lowest BCUT2D eigenvalue weighted by Crippen LogP contribution is -2.00. The van der Waals surface area contributed by atoms with Crippen LogP contribution < -0.4 is 10.6 Å². The van der Waals surface area contributed by atoms with Crippen molar-refractivity contribution in [1.29, 1.82) is 5.26 Å². The van der Waals surface area contributed by atoms with E-state index >= 15 is 0 Å². The maximum atomic E-state index is 8.82. The zero-order valence-electron chi connectivity index (χ0n) is 12.3. The third-order valence-electron chi connectivity index (χ3n) is 3.12. The fourth-order valence-electron chi connectivity index (χ4n) is 1.98. The van der Waals surface area contributed by atoms with E-state index in [9.17, 15) is 0 Å². The predicted octanol–water partition coefficient (Wildman–Crippen LogP) is 5.14. The van der Waals surface area contributed by atoms with Crippen molar-refractivity contribution in [2.45, 2.75) is 0 Å². The Hall–Kier alpha value is -2.81. The van der Waals surface area contributed by atoms with Crippen LogP contribution in [0.4, 0.5) is 23.1 Å². The summed E-state index contributed by atoms with van der Waals surface area (Å²) >= 11 is 12.1. The number of benzene rings is 2.